The predicted molar refractivity (Wildman–Crippen MR) is 72.9 cm³/mol. The smallest absolute Gasteiger partial charge is 0.354 e. The Bertz CT molecular complexity index is 734. The first kappa shape index (κ1) is 16.2. The first-order valence-corrected chi connectivity index (χ1v) is 8.69. The molecule has 2 heterocycles. The van der Waals surface area contributed by atoms with Gasteiger partial charge in [0.15, 0.2) is 0 Å². The zero-order valence-corrected chi connectivity index (χ0v) is 13.2. The SMILES string of the molecule is CC(C)c1nc(-c2nc(OS(=O)(=O)C(F)(F)F)cs2)cs1. The number of alkyl halides is 3. The Morgan fingerprint density at radius 1 is 1.19 bits per heavy atom. The quantitative estimate of drug-likeness (QED) is 0.617. The standard InChI is InChI=1S/C10H9F3N2O3S3/c1-5(2)8-14-6(3-19-8)9-15-7(4-20-9)18-21(16,17)10(11,12)13/h3-5H,1-2H3. The fraction of sp³-hybridized carbons (Fsp3) is 0.400. The van der Waals surface area contributed by atoms with Crippen LogP contribution in [0.4, 0.5) is 13.2 Å². The molecule has 0 aliphatic rings. The average Bonchev–Trinajstić information content (AvgIpc) is 2.94. The summed E-state index contributed by atoms with van der Waals surface area (Å²) in [5.74, 6) is -0.406. The molecule has 0 saturated heterocycles. The van der Waals surface area contributed by atoms with Crippen LogP contribution in [0, 0.1) is 0 Å². The first-order valence-electron chi connectivity index (χ1n) is 5.52. The molecule has 2 aromatic heterocycles. The van der Waals surface area contributed by atoms with Crippen LogP contribution in [0.2, 0.25) is 0 Å². The Kier molecular flexibility index (Phi) is 4.26. The van der Waals surface area contributed by atoms with Gasteiger partial charge in [0.25, 0.3) is 0 Å². The predicted octanol–water partition coefficient (Wildman–Crippen LogP) is 3.62. The lowest BCUT2D eigenvalue weighted by molar-refractivity contribution is -0.0501. The summed E-state index contributed by atoms with van der Waals surface area (Å²) >= 11 is 2.35. The molecule has 0 aliphatic carbocycles. The number of halogens is 3. The van der Waals surface area contributed by atoms with Crippen molar-refractivity contribution >= 4 is 32.8 Å². The van der Waals surface area contributed by atoms with Crippen LogP contribution >= 0.6 is 22.7 Å². The minimum Gasteiger partial charge on any atom is -0.354 e. The number of hydrogen-bond acceptors (Lipinski definition) is 7. The summed E-state index contributed by atoms with van der Waals surface area (Å²) in [6.07, 6.45) is 0. The third kappa shape index (κ3) is 3.52. The summed E-state index contributed by atoms with van der Waals surface area (Å²) in [6, 6.07) is 0. The number of thiazole rings is 2. The largest absolute Gasteiger partial charge is 0.534 e. The van der Waals surface area contributed by atoms with Gasteiger partial charge in [0.1, 0.15) is 10.7 Å². The van der Waals surface area contributed by atoms with E-state index in [-0.39, 0.29) is 5.92 Å². The van der Waals surface area contributed by atoms with Crippen LogP contribution < -0.4 is 4.18 Å². The summed E-state index contributed by atoms with van der Waals surface area (Å²) < 4.78 is 62.3. The number of rotatable bonds is 4. The van der Waals surface area contributed by atoms with E-state index in [9.17, 15) is 21.6 Å². The van der Waals surface area contributed by atoms with E-state index in [0.717, 1.165) is 21.7 Å². The van der Waals surface area contributed by atoms with Gasteiger partial charge in [-0.25, -0.2) is 4.98 Å². The van der Waals surface area contributed by atoms with Crippen LogP contribution in [0.25, 0.3) is 10.7 Å². The molecule has 0 radical (unpaired) electrons. The molecule has 0 spiro atoms. The molecule has 116 valence electrons. The van der Waals surface area contributed by atoms with Gasteiger partial charge in [-0.1, -0.05) is 13.8 Å². The fourth-order valence-corrected chi connectivity index (χ4v) is 3.27. The Labute approximate surface area is 126 Å². The van der Waals surface area contributed by atoms with E-state index in [1.165, 1.54) is 11.3 Å². The lowest BCUT2D eigenvalue weighted by Gasteiger charge is -2.06. The van der Waals surface area contributed by atoms with E-state index >= 15 is 0 Å². The van der Waals surface area contributed by atoms with E-state index in [2.05, 4.69) is 14.2 Å². The summed E-state index contributed by atoms with van der Waals surface area (Å²) in [7, 11) is -5.70. The van der Waals surface area contributed by atoms with Gasteiger partial charge in [0, 0.05) is 11.3 Å². The van der Waals surface area contributed by atoms with Crippen molar-refractivity contribution in [2.24, 2.45) is 0 Å². The molecule has 0 saturated carbocycles. The van der Waals surface area contributed by atoms with Gasteiger partial charge in [0.05, 0.1) is 10.4 Å². The molecular formula is C10H9F3N2O3S3. The maximum Gasteiger partial charge on any atom is 0.534 e. The van der Waals surface area contributed by atoms with Crippen molar-refractivity contribution in [3.05, 3.63) is 15.8 Å². The van der Waals surface area contributed by atoms with Crippen molar-refractivity contribution in [3.63, 3.8) is 0 Å². The van der Waals surface area contributed by atoms with Crippen molar-refractivity contribution in [1.82, 2.24) is 9.97 Å². The van der Waals surface area contributed by atoms with Gasteiger partial charge in [-0.3, -0.25) is 0 Å². The van der Waals surface area contributed by atoms with E-state index in [1.807, 2.05) is 13.8 Å². The van der Waals surface area contributed by atoms with Gasteiger partial charge in [-0.05, 0) is 0 Å². The van der Waals surface area contributed by atoms with Crippen LogP contribution in [0.3, 0.4) is 0 Å². The zero-order chi connectivity index (χ0) is 15.8. The minimum atomic E-state index is -5.70. The minimum absolute atomic E-state index is 0.213. The van der Waals surface area contributed by atoms with Crippen LogP contribution in [0.15, 0.2) is 10.8 Å². The lowest BCUT2D eigenvalue weighted by atomic mass is 10.2. The zero-order valence-electron chi connectivity index (χ0n) is 10.7. The second-order valence-corrected chi connectivity index (χ2v) is 7.49. The van der Waals surface area contributed by atoms with E-state index in [1.54, 1.807) is 5.38 Å². The van der Waals surface area contributed by atoms with Gasteiger partial charge in [0.2, 0.25) is 5.88 Å². The van der Waals surface area contributed by atoms with Crippen molar-refractivity contribution in [2.75, 3.05) is 0 Å². The van der Waals surface area contributed by atoms with Crippen LogP contribution in [0.5, 0.6) is 5.88 Å². The molecule has 0 bridgehead atoms. The number of nitrogens with zero attached hydrogens (tertiary/aromatic N) is 2. The number of hydrogen-bond donors (Lipinski definition) is 0. The van der Waals surface area contributed by atoms with Gasteiger partial charge < -0.3 is 4.18 Å². The van der Waals surface area contributed by atoms with Crippen molar-refractivity contribution < 1.29 is 25.8 Å². The summed E-state index contributed by atoms with van der Waals surface area (Å²) in [5.41, 5.74) is -5.00. The molecule has 2 rings (SSSR count). The number of aromatic nitrogens is 2. The molecule has 0 atom stereocenters. The van der Waals surface area contributed by atoms with Gasteiger partial charge in [-0.2, -0.15) is 26.6 Å². The Morgan fingerprint density at radius 2 is 1.86 bits per heavy atom. The molecule has 21 heavy (non-hydrogen) atoms. The van der Waals surface area contributed by atoms with Crippen molar-refractivity contribution in [2.45, 2.75) is 25.3 Å². The first-order chi connectivity index (χ1) is 9.60. The van der Waals surface area contributed by atoms with Crippen LogP contribution in [0.1, 0.15) is 24.8 Å². The summed E-state index contributed by atoms with van der Waals surface area (Å²) in [4.78, 5) is 7.99. The third-order valence-corrected chi connectivity index (χ3v) is 5.14. The molecule has 0 aliphatic heterocycles. The molecule has 5 nitrogen and oxygen atoms in total. The highest BCUT2D eigenvalue weighted by atomic mass is 32.2. The molecular weight excluding hydrogens is 349 g/mol. The fourth-order valence-electron chi connectivity index (χ4n) is 1.23. The second-order valence-electron chi connectivity index (χ2n) is 4.20. The van der Waals surface area contributed by atoms with Crippen molar-refractivity contribution in [1.29, 1.82) is 0 Å². The molecule has 11 heteroatoms. The highest BCUT2D eigenvalue weighted by molar-refractivity contribution is 7.88. The highest BCUT2D eigenvalue weighted by Gasteiger charge is 2.49. The Balaban J connectivity index is 2.22. The van der Waals surface area contributed by atoms with E-state index in [4.69, 9.17) is 0 Å². The normalized spacial score (nSPS) is 12.9. The van der Waals surface area contributed by atoms with Gasteiger partial charge >= 0.3 is 15.6 Å². The summed E-state index contributed by atoms with van der Waals surface area (Å²) in [5, 5.41) is 3.94. The maximum absolute atomic E-state index is 12.2. The summed E-state index contributed by atoms with van der Waals surface area (Å²) in [6.45, 7) is 3.91. The molecule has 0 N–H and O–H groups in total. The lowest BCUT2D eigenvalue weighted by Crippen LogP contribution is -2.28. The monoisotopic (exact) mass is 358 g/mol. The molecule has 0 fully saturated rings. The Morgan fingerprint density at radius 3 is 2.38 bits per heavy atom. The van der Waals surface area contributed by atoms with Gasteiger partial charge in [-0.15, -0.1) is 22.7 Å². The van der Waals surface area contributed by atoms with Crippen molar-refractivity contribution in [3.8, 4) is 16.6 Å². The molecule has 0 aromatic carbocycles. The average molecular weight is 358 g/mol. The van der Waals surface area contributed by atoms with E-state index in [0.29, 0.717) is 10.7 Å². The third-order valence-electron chi connectivity index (χ3n) is 2.20. The topological polar surface area (TPSA) is 69.2 Å². The second kappa shape index (κ2) is 5.54. The van der Waals surface area contributed by atoms with Crippen LogP contribution in [-0.4, -0.2) is 23.9 Å². The molecule has 0 unspecified atom stereocenters. The Hall–Kier alpha value is -1.20. The molecule has 0 amide bonds. The van der Waals surface area contributed by atoms with E-state index < -0.39 is 21.5 Å². The maximum atomic E-state index is 12.2. The van der Waals surface area contributed by atoms with Crippen LogP contribution in [-0.2, 0) is 10.1 Å². The molecule has 2 aromatic rings. The highest BCUT2D eigenvalue weighted by Crippen LogP contribution is 2.32.